The molecule has 0 saturated heterocycles. The minimum atomic E-state index is 0.665. The molecule has 1 aromatic heterocycles. The molecule has 21 heavy (non-hydrogen) atoms. The Balaban J connectivity index is 1.69. The summed E-state index contributed by atoms with van der Waals surface area (Å²) in [7, 11) is 0. The molecule has 0 N–H and O–H groups in total. The molecule has 0 aliphatic rings. The second kappa shape index (κ2) is 14.4. The third kappa shape index (κ3) is 11.8. The van der Waals surface area contributed by atoms with E-state index in [2.05, 4.69) is 6.92 Å². The van der Waals surface area contributed by atoms with Gasteiger partial charge in [0.05, 0.1) is 6.61 Å². The molecule has 1 aromatic rings. The first kappa shape index (κ1) is 18.5. The van der Waals surface area contributed by atoms with Crippen molar-refractivity contribution < 1.29 is 9.47 Å². The molecule has 0 bridgehead atoms. The quantitative estimate of drug-likeness (QED) is 0.366. The van der Waals surface area contributed by atoms with E-state index >= 15 is 0 Å². The highest BCUT2D eigenvalue weighted by Gasteiger charge is 1.95. The maximum atomic E-state index is 5.58. The summed E-state index contributed by atoms with van der Waals surface area (Å²) in [6.07, 6.45) is 13.7. The zero-order valence-electron chi connectivity index (χ0n) is 13.6. The first-order valence-electron chi connectivity index (χ1n) is 8.67. The molecule has 0 saturated carbocycles. The van der Waals surface area contributed by atoms with E-state index in [4.69, 9.17) is 9.47 Å². The average Bonchev–Trinajstić information content (AvgIpc) is 3.01. The molecule has 0 amide bonds. The topological polar surface area (TPSA) is 18.5 Å². The minimum Gasteiger partial charge on any atom is -0.482 e. The van der Waals surface area contributed by atoms with Gasteiger partial charge in [0.25, 0.3) is 0 Å². The van der Waals surface area contributed by atoms with E-state index < -0.39 is 0 Å². The van der Waals surface area contributed by atoms with Crippen LogP contribution in [0.25, 0.3) is 0 Å². The Bertz CT molecular complexity index is 298. The van der Waals surface area contributed by atoms with Crippen molar-refractivity contribution in [1.29, 1.82) is 0 Å². The molecule has 0 atom stereocenters. The van der Waals surface area contributed by atoms with Gasteiger partial charge in [-0.3, -0.25) is 0 Å². The van der Waals surface area contributed by atoms with Crippen molar-refractivity contribution in [3.63, 3.8) is 0 Å². The number of thiophene rings is 1. The fourth-order valence-corrected chi connectivity index (χ4v) is 2.94. The van der Waals surface area contributed by atoms with Crippen molar-refractivity contribution in [2.24, 2.45) is 0 Å². The lowest BCUT2D eigenvalue weighted by Gasteiger charge is -2.05. The van der Waals surface area contributed by atoms with Crippen molar-refractivity contribution >= 4 is 11.3 Å². The van der Waals surface area contributed by atoms with Crippen LogP contribution in [-0.2, 0) is 4.74 Å². The highest BCUT2D eigenvalue weighted by molar-refractivity contribution is 7.11. The molecule has 2 nitrogen and oxygen atoms in total. The maximum Gasteiger partial charge on any atom is 0.173 e. The lowest BCUT2D eigenvalue weighted by molar-refractivity contribution is 0.0983. The van der Waals surface area contributed by atoms with Crippen molar-refractivity contribution in [2.75, 3.05) is 19.8 Å². The second-order valence-corrected chi connectivity index (χ2v) is 6.49. The largest absolute Gasteiger partial charge is 0.482 e. The molecule has 122 valence electrons. The van der Waals surface area contributed by atoms with Gasteiger partial charge in [0.1, 0.15) is 6.61 Å². The van der Waals surface area contributed by atoms with Crippen LogP contribution >= 0.6 is 11.3 Å². The van der Waals surface area contributed by atoms with Gasteiger partial charge in [-0.05, 0) is 23.9 Å². The van der Waals surface area contributed by atoms with Crippen molar-refractivity contribution in [3.8, 4) is 5.06 Å². The van der Waals surface area contributed by atoms with Gasteiger partial charge in [-0.25, -0.2) is 0 Å². The van der Waals surface area contributed by atoms with Gasteiger partial charge in [0, 0.05) is 6.61 Å². The Hall–Kier alpha value is -0.540. The molecule has 3 heteroatoms. The van der Waals surface area contributed by atoms with Gasteiger partial charge in [-0.2, -0.15) is 0 Å². The summed E-state index contributed by atoms with van der Waals surface area (Å²) in [5.41, 5.74) is 0. The number of unbranched alkanes of at least 4 members (excludes halogenated alkanes) is 9. The Labute approximate surface area is 134 Å². The Morgan fingerprint density at radius 3 is 2.10 bits per heavy atom. The minimum absolute atomic E-state index is 0.665. The van der Waals surface area contributed by atoms with Gasteiger partial charge < -0.3 is 9.47 Å². The summed E-state index contributed by atoms with van der Waals surface area (Å²) in [6.45, 7) is 4.52. The van der Waals surface area contributed by atoms with Crippen LogP contribution in [0, 0.1) is 0 Å². The lowest BCUT2D eigenvalue weighted by Crippen LogP contribution is -2.06. The summed E-state index contributed by atoms with van der Waals surface area (Å²) < 4.78 is 11.1. The summed E-state index contributed by atoms with van der Waals surface area (Å²) in [4.78, 5) is 0. The fraction of sp³-hybridized carbons (Fsp3) is 0.778. The van der Waals surface area contributed by atoms with Crippen LogP contribution in [0.1, 0.15) is 71.1 Å². The molecule has 0 aliphatic carbocycles. The van der Waals surface area contributed by atoms with Crippen LogP contribution in [-0.4, -0.2) is 19.8 Å². The summed E-state index contributed by atoms with van der Waals surface area (Å²) in [5, 5.41) is 3.01. The number of ether oxygens (including phenoxy) is 2. The molecule has 0 unspecified atom stereocenters. The van der Waals surface area contributed by atoms with Crippen LogP contribution < -0.4 is 4.74 Å². The first-order valence-corrected chi connectivity index (χ1v) is 9.55. The van der Waals surface area contributed by atoms with E-state index in [0.717, 1.165) is 11.7 Å². The molecular weight excluding hydrogens is 280 g/mol. The number of hydrogen-bond acceptors (Lipinski definition) is 3. The monoisotopic (exact) mass is 312 g/mol. The lowest BCUT2D eigenvalue weighted by atomic mass is 10.1. The third-order valence-corrected chi connectivity index (χ3v) is 4.39. The van der Waals surface area contributed by atoms with Crippen molar-refractivity contribution in [3.05, 3.63) is 17.5 Å². The zero-order valence-corrected chi connectivity index (χ0v) is 14.5. The standard InChI is InChI=1S/C18H32O2S/c1-2-3-4-5-6-7-8-9-10-11-14-19-15-16-20-18-13-12-17-21-18/h12-13,17H,2-11,14-16H2,1H3. The van der Waals surface area contributed by atoms with E-state index in [-0.39, 0.29) is 0 Å². The van der Waals surface area contributed by atoms with Gasteiger partial charge in [-0.15, -0.1) is 11.3 Å². The average molecular weight is 313 g/mol. The number of rotatable bonds is 15. The van der Waals surface area contributed by atoms with E-state index in [1.807, 2.05) is 17.5 Å². The Morgan fingerprint density at radius 2 is 1.48 bits per heavy atom. The van der Waals surface area contributed by atoms with Gasteiger partial charge in [0.2, 0.25) is 0 Å². The molecule has 0 fully saturated rings. The fourth-order valence-electron chi connectivity index (χ4n) is 2.34. The predicted octanol–water partition coefficient (Wildman–Crippen LogP) is 6.06. The summed E-state index contributed by atoms with van der Waals surface area (Å²) in [5.74, 6) is 0. The Kier molecular flexibility index (Phi) is 12.7. The zero-order chi connectivity index (χ0) is 15.0. The van der Waals surface area contributed by atoms with Crippen LogP contribution in [0.5, 0.6) is 5.06 Å². The van der Waals surface area contributed by atoms with Gasteiger partial charge in [-0.1, -0.05) is 64.7 Å². The Morgan fingerprint density at radius 1 is 0.810 bits per heavy atom. The van der Waals surface area contributed by atoms with E-state index in [1.165, 1.54) is 64.2 Å². The smallest absolute Gasteiger partial charge is 0.173 e. The second-order valence-electron chi connectivity index (χ2n) is 5.57. The van der Waals surface area contributed by atoms with E-state index in [0.29, 0.717) is 13.2 Å². The van der Waals surface area contributed by atoms with Crippen LogP contribution in [0.15, 0.2) is 17.5 Å². The van der Waals surface area contributed by atoms with E-state index in [9.17, 15) is 0 Å². The third-order valence-electron chi connectivity index (χ3n) is 3.61. The molecule has 1 rings (SSSR count). The molecule has 0 spiro atoms. The molecule has 1 heterocycles. The highest BCUT2D eigenvalue weighted by atomic mass is 32.1. The molecule has 0 aliphatic heterocycles. The number of hydrogen-bond donors (Lipinski definition) is 0. The molecular formula is C18H32O2S. The van der Waals surface area contributed by atoms with Gasteiger partial charge in [0.15, 0.2) is 5.06 Å². The first-order chi connectivity index (χ1) is 10.4. The predicted molar refractivity (Wildman–Crippen MR) is 92.5 cm³/mol. The van der Waals surface area contributed by atoms with Crippen LogP contribution in [0.4, 0.5) is 0 Å². The highest BCUT2D eigenvalue weighted by Crippen LogP contribution is 2.17. The van der Waals surface area contributed by atoms with Crippen molar-refractivity contribution in [1.82, 2.24) is 0 Å². The molecule has 0 aromatic carbocycles. The normalized spacial score (nSPS) is 10.9. The van der Waals surface area contributed by atoms with E-state index in [1.54, 1.807) is 11.3 Å². The SMILES string of the molecule is CCCCCCCCCCCCOCCOc1cccs1. The van der Waals surface area contributed by atoms with Crippen LogP contribution in [0.2, 0.25) is 0 Å². The summed E-state index contributed by atoms with van der Waals surface area (Å²) >= 11 is 1.63. The van der Waals surface area contributed by atoms with Crippen molar-refractivity contribution in [2.45, 2.75) is 71.1 Å². The van der Waals surface area contributed by atoms with Crippen LogP contribution in [0.3, 0.4) is 0 Å². The molecule has 0 radical (unpaired) electrons. The van der Waals surface area contributed by atoms with Gasteiger partial charge >= 0.3 is 0 Å². The summed E-state index contributed by atoms with van der Waals surface area (Å²) in [6, 6.07) is 4.00. The maximum absolute atomic E-state index is 5.58.